The molecule has 2 rings (SSSR count). The van der Waals surface area contributed by atoms with Gasteiger partial charge in [-0.3, -0.25) is 0 Å². The Kier molecular flexibility index (Phi) is 2.50. The maximum absolute atomic E-state index is 5.57. The number of rotatable bonds is 2. The van der Waals surface area contributed by atoms with Crippen LogP contribution in [0.2, 0.25) is 0 Å². The first kappa shape index (κ1) is 8.57. The van der Waals surface area contributed by atoms with E-state index >= 15 is 0 Å². The summed E-state index contributed by atoms with van der Waals surface area (Å²) in [6, 6.07) is 14.1. The lowest BCUT2D eigenvalue weighted by Gasteiger charge is -1.94. The third-order valence-corrected chi connectivity index (χ3v) is 2.40. The molecule has 66 valence electrons. The molecule has 0 saturated carbocycles. The van der Waals surface area contributed by atoms with Crippen LogP contribution in [0.4, 0.5) is 0 Å². The Morgan fingerprint density at radius 3 is 2.38 bits per heavy atom. The Bertz CT molecular complexity index is 378. The second-order valence-electron chi connectivity index (χ2n) is 2.77. The second kappa shape index (κ2) is 3.79. The number of hydrogen-bond donors (Lipinski definition) is 0. The first-order chi connectivity index (χ1) is 6.40. The highest BCUT2D eigenvalue weighted by Crippen LogP contribution is 2.22. The normalized spacial score (nSPS) is 10.2. The molecule has 0 saturated heterocycles. The van der Waals surface area contributed by atoms with Gasteiger partial charge in [0.15, 0.2) is 0 Å². The predicted molar refractivity (Wildman–Crippen MR) is 56.8 cm³/mol. The van der Waals surface area contributed by atoms with Crippen molar-refractivity contribution in [2.45, 2.75) is 5.33 Å². The van der Waals surface area contributed by atoms with Gasteiger partial charge in [-0.05, 0) is 12.1 Å². The van der Waals surface area contributed by atoms with Crippen molar-refractivity contribution in [1.29, 1.82) is 0 Å². The third kappa shape index (κ3) is 1.83. The van der Waals surface area contributed by atoms with Crippen LogP contribution < -0.4 is 0 Å². The van der Waals surface area contributed by atoms with Gasteiger partial charge in [-0.2, -0.15) is 0 Å². The lowest BCUT2D eigenvalue weighted by Crippen LogP contribution is -1.70. The first-order valence-electron chi connectivity index (χ1n) is 4.10. The van der Waals surface area contributed by atoms with Gasteiger partial charge in [-0.15, -0.1) is 0 Å². The molecule has 1 aromatic heterocycles. The first-order valence-corrected chi connectivity index (χ1v) is 5.22. The number of hydrogen-bond acceptors (Lipinski definition) is 1. The highest BCUT2D eigenvalue weighted by atomic mass is 79.9. The highest BCUT2D eigenvalue weighted by Gasteiger charge is 2.01. The SMILES string of the molecule is BrCc1ccc(-c2ccccc2)o1. The van der Waals surface area contributed by atoms with Crippen molar-refractivity contribution < 1.29 is 4.42 Å². The molecule has 0 aliphatic rings. The summed E-state index contributed by atoms with van der Waals surface area (Å²) in [5, 5.41) is 0.764. The Morgan fingerprint density at radius 1 is 1.00 bits per heavy atom. The zero-order valence-corrected chi connectivity index (χ0v) is 8.62. The maximum Gasteiger partial charge on any atom is 0.134 e. The average Bonchev–Trinajstić information content (AvgIpc) is 2.67. The molecule has 0 radical (unpaired) electrons. The summed E-state index contributed by atoms with van der Waals surface area (Å²) in [6.07, 6.45) is 0. The van der Waals surface area contributed by atoms with Gasteiger partial charge in [-0.25, -0.2) is 0 Å². The van der Waals surface area contributed by atoms with Crippen LogP contribution in [0.15, 0.2) is 46.9 Å². The van der Waals surface area contributed by atoms with E-state index in [2.05, 4.69) is 15.9 Å². The van der Waals surface area contributed by atoms with Crippen LogP contribution in [-0.2, 0) is 5.33 Å². The van der Waals surface area contributed by atoms with E-state index in [-0.39, 0.29) is 0 Å². The Hall–Kier alpha value is -1.02. The monoisotopic (exact) mass is 236 g/mol. The molecule has 0 bridgehead atoms. The van der Waals surface area contributed by atoms with Gasteiger partial charge in [0, 0.05) is 5.56 Å². The van der Waals surface area contributed by atoms with E-state index in [1.165, 1.54) is 0 Å². The molecule has 2 aromatic rings. The fourth-order valence-electron chi connectivity index (χ4n) is 1.21. The molecule has 0 fully saturated rings. The van der Waals surface area contributed by atoms with E-state index in [4.69, 9.17) is 4.42 Å². The maximum atomic E-state index is 5.57. The van der Waals surface area contributed by atoms with Crippen molar-refractivity contribution in [2.24, 2.45) is 0 Å². The van der Waals surface area contributed by atoms with Gasteiger partial charge < -0.3 is 4.42 Å². The highest BCUT2D eigenvalue weighted by molar-refractivity contribution is 9.08. The number of benzene rings is 1. The summed E-state index contributed by atoms with van der Waals surface area (Å²) in [5.74, 6) is 1.88. The number of alkyl halides is 1. The van der Waals surface area contributed by atoms with E-state index in [9.17, 15) is 0 Å². The van der Waals surface area contributed by atoms with Crippen molar-refractivity contribution in [1.82, 2.24) is 0 Å². The molecule has 0 N–H and O–H groups in total. The topological polar surface area (TPSA) is 13.1 Å². The minimum atomic E-state index is 0.764. The summed E-state index contributed by atoms with van der Waals surface area (Å²) in [7, 11) is 0. The summed E-state index contributed by atoms with van der Waals surface area (Å²) >= 11 is 3.35. The molecule has 13 heavy (non-hydrogen) atoms. The average molecular weight is 237 g/mol. The van der Waals surface area contributed by atoms with E-state index in [1.54, 1.807) is 0 Å². The van der Waals surface area contributed by atoms with Crippen molar-refractivity contribution >= 4 is 15.9 Å². The van der Waals surface area contributed by atoms with E-state index < -0.39 is 0 Å². The molecule has 0 aliphatic carbocycles. The van der Waals surface area contributed by atoms with Crippen LogP contribution in [0.5, 0.6) is 0 Å². The van der Waals surface area contributed by atoms with Crippen LogP contribution in [-0.4, -0.2) is 0 Å². The largest absolute Gasteiger partial charge is 0.460 e. The van der Waals surface area contributed by atoms with Crippen molar-refractivity contribution in [3.05, 3.63) is 48.2 Å². The van der Waals surface area contributed by atoms with E-state index in [0.717, 1.165) is 22.4 Å². The van der Waals surface area contributed by atoms with Crippen LogP contribution in [0.3, 0.4) is 0 Å². The molecule has 0 atom stereocenters. The van der Waals surface area contributed by atoms with Gasteiger partial charge in [0.1, 0.15) is 11.5 Å². The quantitative estimate of drug-likeness (QED) is 0.723. The lowest BCUT2D eigenvalue weighted by atomic mass is 10.2. The molecule has 1 aromatic carbocycles. The lowest BCUT2D eigenvalue weighted by molar-refractivity contribution is 0.545. The molecular weight excluding hydrogens is 228 g/mol. The molecule has 1 heterocycles. The second-order valence-corrected chi connectivity index (χ2v) is 3.33. The van der Waals surface area contributed by atoms with Crippen molar-refractivity contribution in [3.8, 4) is 11.3 Å². The van der Waals surface area contributed by atoms with Gasteiger partial charge in [0.05, 0.1) is 5.33 Å². The van der Waals surface area contributed by atoms with Crippen molar-refractivity contribution in [2.75, 3.05) is 0 Å². The molecule has 0 spiro atoms. The Morgan fingerprint density at radius 2 is 1.77 bits per heavy atom. The van der Waals surface area contributed by atoms with Crippen LogP contribution in [0, 0.1) is 0 Å². The molecule has 0 amide bonds. The molecular formula is C11H9BrO. The molecule has 1 nitrogen and oxygen atoms in total. The Balaban J connectivity index is 2.36. The zero-order chi connectivity index (χ0) is 9.10. The van der Waals surface area contributed by atoms with Gasteiger partial charge in [0.25, 0.3) is 0 Å². The summed E-state index contributed by atoms with van der Waals surface area (Å²) < 4.78 is 5.57. The standard InChI is InChI=1S/C11H9BrO/c12-8-10-6-7-11(13-10)9-4-2-1-3-5-9/h1-7H,8H2. The van der Waals surface area contributed by atoms with Gasteiger partial charge in [-0.1, -0.05) is 46.3 Å². The summed E-state index contributed by atoms with van der Waals surface area (Å²) in [5.41, 5.74) is 1.12. The van der Waals surface area contributed by atoms with Crippen LogP contribution in [0.1, 0.15) is 5.76 Å². The number of halogens is 1. The minimum absolute atomic E-state index is 0.764. The van der Waals surface area contributed by atoms with Crippen LogP contribution in [0.25, 0.3) is 11.3 Å². The summed E-state index contributed by atoms with van der Waals surface area (Å²) in [6.45, 7) is 0. The van der Waals surface area contributed by atoms with E-state index in [0.29, 0.717) is 0 Å². The third-order valence-electron chi connectivity index (χ3n) is 1.85. The van der Waals surface area contributed by atoms with Crippen LogP contribution >= 0.6 is 15.9 Å². The van der Waals surface area contributed by atoms with Gasteiger partial charge in [0.2, 0.25) is 0 Å². The molecule has 0 unspecified atom stereocenters. The Labute approximate surface area is 85.5 Å². The molecule has 2 heteroatoms. The fourth-order valence-corrected chi connectivity index (χ4v) is 1.51. The number of furan rings is 1. The predicted octanol–water partition coefficient (Wildman–Crippen LogP) is 3.84. The van der Waals surface area contributed by atoms with Gasteiger partial charge >= 0.3 is 0 Å². The summed E-state index contributed by atoms with van der Waals surface area (Å²) in [4.78, 5) is 0. The van der Waals surface area contributed by atoms with Crippen molar-refractivity contribution in [3.63, 3.8) is 0 Å². The fraction of sp³-hybridized carbons (Fsp3) is 0.0909. The minimum Gasteiger partial charge on any atom is -0.460 e. The smallest absolute Gasteiger partial charge is 0.134 e. The molecule has 0 aliphatic heterocycles. The van der Waals surface area contributed by atoms with E-state index in [1.807, 2.05) is 42.5 Å². The zero-order valence-electron chi connectivity index (χ0n) is 7.03.